The van der Waals surface area contributed by atoms with Crippen molar-refractivity contribution in [2.45, 2.75) is 70.4 Å². The molecular formula is C19H37N3. The van der Waals surface area contributed by atoms with E-state index in [1.165, 1.54) is 84.1 Å². The average molecular weight is 308 g/mol. The second kappa shape index (κ2) is 8.12. The summed E-state index contributed by atoms with van der Waals surface area (Å²) < 4.78 is 0. The Hall–Kier alpha value is -0.120. The molecule has 3 rings (SSSR count). The normalized spacial score (nSPS) is 33.4. The van der Waals surface area contributed by atoms with Crippen molar-refractivity contribution < 1.29 is 0 Å². The van der Waals surface area contributed by atoms with Crippen molar-refractivity contribution in [3.05, 3.63) is 0 Å². The largest absolute Gasteiger partial charge is 0.315 e. The summed E-state index contributed by atoms with van der Waals surface area (Å²) >= 11 is 0. The highest BCUT2D eigenvalue weighted by Gasteiger charge is 2.33. The van der Waals surface area contributed by atoms with Gasteiger partial charge >= 0.3 is 0 Å². The maximum absolute atomic E-state index is 3.67. The molecule has 0 aromatic carbocycles. The average Bonchev–Trinajstić information content (AvgIpc) is 2.57. The van der Waals surface area contributed by atoms with Crippen LogP contribution < -0.4 is 5.32 Å². The van der Waals surface area contributed by atoms with Gasteiger partial charge in [0.15, 0.2) is 0 Å². The van der Waals surface area contributed by atoms with Gasteiger partial charge in [-0.25, -0.2) is 0 Å². The van der Waals surface area contributed by atoms with E-state index in [1.54, 1.807) is 0 Å². The summed E-state index contributed by atoms with van der Waals surface area (Å²) in [5, 5.41) is 3.67. The maximum atomic E-state index is 3.67. The van der Waals surface area contributed by atoms with E-state index in [2.05, 4.69) is 29.1 Å². The Kier molecular flexibility index (Phi) is 6.17. The summed E-state index contributed by atoms with van der Waals surface area (Å²) in [6, 6.07) is 1.65. The molecule has 3 heteroatoms. The number of likely N-dealkylation sites (tertiary alicyclic amines) is 1. The number of rotatable bonds is 4. The standard InChI is InChI=1S/C19H37N3/c1-16-9-12-22(13-10-16)19-14-20-11-8-17(19)15-21(2)18-6-4-3-5-7-18/h16-20H,3-15H2,1-2H3. The Labute approximate surface area is 137 Å². The van der Waals surface area contributed by atoms with Gasteiger partial charge < -0.3 is 10.2 Å². The Morgan fingerprint density at radius 3 is 2.45 bits per heavy atom. The third-order valence-corrected chi connectivity index (χ3v) is 6.60. The minimum absolute atomic E-state index is 0.785. The van der Waals surface area contributed by atoms with Crippen LogP contribution in [0.4, 0.5) is 0 Å². The molecule has 2 heterocycles. The number of hydrogen-bond acceptors (Lipinski definition) is 3. The first kappa shape index (κ1) is 16.7. The van der Waals surface area contributed by atoms with Crippen LogP contribution in [-0.4, -0.2) is 61.7 Å². The zero-order valence-corrected chi connectivity index (χ0v) is 14.9. The van der Waals surface area contributed by atoms with Crippen LogP contribution in [-0.2, 0) is 0 Å². The molecule has 3 nitrogen and oxygen atoms in total. The molecule has 2 atom stereocenters. The quantitative estimate of drug-likeness (QED) is 0.861. The highest BCUT2D eigenvalue weighted by atomic mass is 15.2. The molecule has 0 spiro atoms. The fourth-order valence-corrected chi connectivity index (χ4v) is 4.94. The van der Waals surface area contributed by atoms with E-state index >= 15 is 0 Å². The van der Waals surface area contributed by atoms with Gasteiger partial charge in [-0.3, -0.25) is 4.90 Å². The fourth-order valence-electron chi connectivity index (χ4n) is 4.94. The lowest BCUT2D eigenvalue weighted by Gasteiger charge is -2.45. The third-order valence-electron chi connectivity index (χ3n) is 6.60. The minimum atomic E-state index is 0.785. The second-order valence-corrected chi connectivity index (χ2v) is 8.27. The molecule has 2 unspecified atom stereocenters. The monoisotopic (exact) mass is 307 g/mol. The maximum Gasteiger partial charge on any atom is 0.0261 e. The van der Waals surface area contributed by atoms with E-state index in [0.29, 0.717) is 0 Å². The van der Waals surface area contributed by atoms with Crippen molar-refractivity contribution in [2.24, 2.45) is 11.8 Å². The Morgan fingerprint density at radius 2 is 1.73 bits per heavy atom. The lowest BCUT2D eigenvalue weighted by Crippen LogP contribution is -2.56. The molecule has 1 saturated carbocycles. The minimum Gasteiger partial charge on any atom is -0.315 e. The predicted octanol–water partition coefficient (Wildman–Crippen LogP) is 2.96. The van der Waals surface area contributed by atoms with Crippen LogP contribution in [0.1, 0.15) is 58.3 Å². The van der Waals surface area contributed by atoms with Crippen LogP contribution in [0.2, 0.25) is 0 Å². The van der Waals surface area contributed by atoms with Crippen molar-refractivity contribution in [3.63, 3.8) is 0 Å². The molecule has 0 bridgehead atoms. The first-order valence-corrected chi connectivity index (χ1v) is 9.89. The number of nitrogens with zero attached hydrogens (tertiary/aromatic N) is 2. The van der Waals surface area contributed by atoms with Gasteiger partial charge in [-0.05, 0) is 70.6 Å². The third kappa shape index (κ3) is 4.24. The van der Waals surface area contributed by atoms with E-state index in [-0.39, 0.29) is 0 Å². The highest BCUT2D eigenvalue weighted by Crippen LogP contribution is 2.27. The Morgan fingerprint density at radius 1 is 1.00 bits per heavy atom. The smallest absolute Gasteiger partial charge is 0.0261 e. The lowest BCUT2D eigenvalue weighted by molar-refractivity contribution is 0.0536. The van der Waals surface area contributed by atoms with Crippen molar-refractivity contribution in [2.75, 3.05) is 39.8 Å². The van der Waals surface area contributed by atoms with Crippen LogP contribution >= 0.6 is 0 Å². The first-order valence-electron chi connectivity index (χ1n) is 9.89. The van der Waals surface area contributed by atoms with Gasteiger partial charge in [0.25, 0.3) is 0 Å². The molecule has 22 heavy (non-hydrogen) atoms. The molecule has 0 aromatic heterocycles. The number of piperidine rings is 2. The summed E-state index contributed by atoms with van der Waals surface area (Å²) in [5.41, 5.74) is 0. The van der Waals surface area contributed by atoms with Gasteiger partial charge in [0, 0.05) is 25.2 Å². The summed E-state index contributed by atoms with van der Waals surface area (Å²) in [7, 11) is 2.40. The van der Waals surface area contributed by atoms with Crippen molar-refractivity contribution in [1.29, 1.82) is 0 Å². The Bertz CT molecular complexity index is 319. The molecule has 2 aliphatic heterocycles. The summed E-state index contributed by atoms with van der Waals surface area (Å²) in [6.45, 7) is 8.85. The SMILES string of the molecule is CC1CCN(C2CNCCC2CN(C)C2CCCCC2)CC1. The van der Waals surface area contributed by atoms with Gasteiger partial charge in [0.05, 0.1) is 0 Å². The zero-order valence-electron chi connectivity index (χ0n) is 14.9. The van der Waals surface area contributed by atoms with Gasteiger partial charge in [0.1, 0.15) is 0 Å². The van der Waals surface area contributed by atoms with Crippen molar-refractivity contribution in [3.8, 4) is 0 Å². The van der Waals surface area contributed by atoms with Gasteiger partial charge in [-0.1, -0.05) is 26.2 Å². The van der Waals surface area contributed by atoms with Crippen LogP contribution in [0.5, 0.6) is 0 Å². The molecular weight excluding hydrogens is 270 g/mol. The summed E-state index contributed by atoms with van der Waals surface area (Å²) in [6.07, 6.45) is 11.4. The van der Waals surface area contributed by atoms with Crippen LogP contribution in [0.3, 0.4) is 0 Å². The van der Waals surface area contributed by atoms with E-state index in [1.807, 2.05) is 0 Å². The van der Waals surface area contributed by atoms with Gasteiger partial charge in [0.2, 0.25) is 0 Å². The number of hydrogen-bond donors (Lipinski definition) is 1. The highest BCUT2D eigenvalue weighted by molar-refractivity contribution is 4.90. The topological polar surface area (TPSA) is 18.5 Å². The second-order valence-electron chi connectivity index (χ2n) is 8.27. The lowest BCUT2D eigenvalue weighted by atomic mass is 9.87. The molecule has 2 saturated heterocycles. The van der Waals surface area contributed by atoms with Crippen molar-refractivity contribution >= 4 is 0 Å². The van der Waals surface area contributed by atoms with Crippen LogP contribution in [0.15, 0.2) is 0 Å². The first-order chi connectivity index (χ1) is 10.7. The van der Waals surface area contributed by atoms with Crippen molar-refractivity contribution in [1.82, 2.24) is 15.1 Å². The molecule has 0 radical (unpaired) electrons. The molecule has 0 amide bonds. The molecule has 3 fully saturated rings. The van der Waals surface area contributed by atoms with E-state index in [4.69, 9.17) is 0 Å². The zero-order chi connectivity index (χ0) is 15.4. The number of nitrogens with one attached hydrogen (secondary N) is 1. The molecule has 1 N–H and O–H groups in total. The van der Waals surface area contributed by atoms with E-state index in [9.17, 15) is 0 Å². The van der Waals surface area contributed by atoms with Crippen LogP contribution in [0, 0.1) is 11.8 Å². The van der Waals surface area contributed by atoms with Crippen LogP contribution in [0.25, 0.3) is 0 Å². The van der Waals surface area contributed by atoms with Gasteiger partial charge in [-0.15, -0.1) is 0 Å². The fraction of sp³-hybridized carbons (Fsp3) is 1.00. The van der Waals surface area contributed by atoms with Gasteiger partial charge in [-0.2, -0.15) is 0 Å². The molecule has 3 aliphatic rings. The van der Waals surface area contributed by atoms with E-state index in [0.717, 1.165) is 23.9 Å². The summed E-state index contributed by atoms with van der Waals surface area (Å²) in [4.78, 5) is 5.53. The molecule has 1 aliphatic carbocycles. The Balaban J connectivity index is 1.55. The molecule has 128 valence electrons. The molecule has 0 aromatic rings. The van der Waals surface area contributed by atoms with E-state index < -0.39 is 0 Å². The predicted molar refractivity (Wildman–Crippen MR) is 94.2 cm³/mol. The summed E-state index contributed by atoms with van der Waals surface area (Å²) in [5.74, 6) is 1.82.